The number of nitrogens with zero attached hydrogens (tertiary/aromatic N) is 3. The molecule has 25 heavy (non-hydrogen) atoms. The Labute approximate surface area is 150 Å². The van der Waals surface area contributed by atoms with E-state index < -0.39 is 10.0 Å². The molecule has 0 bridgehead atoms. The fourth-order valence-corrected chi connectivity index (χ4v) is 4.68. The van der Waals surface area contributed by atoms with Crippen molar-refractivity contribution in [2.24, 2.45) is 0 Å². The Morgan fingerprint density at radius 3 is 2.24 bits per heavy atom. The third-order valence-corrected chi connectivity index (χ3v) is 6.16. The maximum absolute atomic E-state index is 13.0. The van der Waals surface area contributed by atoms with Crippen LogP contribution < -0.4 is 9.21 Å². The number of hydrogen-bond donors (Lipinski definition) is 0. The van der Waals surface area contributed by atoms with E-state index in [1.54, 1.807) is 4.31 Å². The molecule has 0 atom stereocenters. The second-order valence-corrected chi connectivity index (χ2v) is 8.49. The Bertz CT molecular complexity index is 806. The summed E-state index contributed by atoms with van der Waals surface area (Å²) in [5.41, 5.74) is 2.59. The zero-order valence-electron chi connectivity index (χ0n) is 14.8. The number of fused-ring (bicyclic) bond motifs is 1. The molecule has 0 aliphatic carbocycles. The van der Waals surface area contributed by atoms with Crippen LogP contribution in [0.1, 0.15) is 5.56 Å². The topological polar surface area (TPSA) is 43.9 Å². The first-order chi connectivity index (χ1) is 12.0. The van der Waals surface area contributed by atoms with Crippen molar-refractivity contribution in [1.29, 1.82) is 0 Å². The summed E-state index contributed by atoms with van der Waals surface area (Å²) in [5.74, 6) is 0.0277. The highest BCUT2D eigenvalue weighted by atomic mass is 32.2. The molecular weight excluding hydrogens is 334 g/mol. The van der Waals surface area contributed by atoms with Crippen LogP contribution in [-0.2, 0) is 15.8 Å². The summed E-state index contributed by atoms with van der Waals surface area (Å²) in [4.78, 5) is 4.41. The van der Waals surface area contributed by atoms with E-state index in [0.717, 1.165) is 30.0 Å². The molecule has 1 aliphatic heterocycles. The third-order valence-electron chi connectivity index (χ3n) is 4.41. The molecular formula is C19H25N3O2S. The van der Waals surface area contributed by atoms with Gasteiger partial charge in [-0.3, -0.25) is 4.31 Å². The largest absolute Gasteiger partial charge is 0.367 e. The van der Waals surface area contributed by atoms with Crippen LogP contribution in [0.5, 0.6) is 0 Å². The molecule has 5 nitrogen and oxygen atoms in total. The van der Waals surface area contributed by atoms with Gasteiger partial charge >= 0.3 is 0 Å². The van der Waals surface area contributed by atoms with Crippen molar-refractivity contribution in [2.45, 2.75) is 5.75 Å². The standard InChI is InChI=1S/C19H25N3O2S/c1-20(2)12-13-21-14-15-22(19-11-7-6-10-18(19)21)25(23,24)16-17-8-4-3-5-9-17/h3-11H,12-16H2,1-2H3. The Balaban J connectivity index is 1.86. The van der Waals surface area contributed by atoms with Gasteiger partial charge in [-0.2, -0.15) is 0 Å². The van der Waals surface area contributed by atoms with Crippen LogP contribution in [0.2, 0.25) is 0 Å². The molecule has 0 aromatic heterocycles. The SMILES string of the molecule is CN(C)CCN1CCN(S(=O)(=O)Cc2ccccc2)c2ccccc21. The summed E-state index contributed by atoms with van der Waals surface area (Å²) in [6, 6.07) is 17.1. The summed E-state index contributed by atoms with van der Waals surface area (Å²) < 4.78 is 27.6. The number of benzene rings is 2. The summed E-state index contributed by atoms with van der Waals surface area (Å²) >= 11 is 0. The minimum absolute atomic E-state index is 0.0277. The minimum atomic E-state index is -3.41. The van der Waals surface area contributed by atoms with Crippen LogP contribution in [0.25, 0.3) is 0 Å². The average Bonchev–Trinajstić information content (AvgIpc) is 2.60. The zero-order valence-corrected chi connectivity index (χ0v) is 15.6. The first kappa shape index (κ1) is 17.8. The number of para-hydroxylation sites is 2. The Morgan fingerprint density at radius 1 is 0.920 bits per heavy atom. The molecule has 2 aromatic rings. The monoisotopic (exact) mass is 359 g/mol. The van der Waals surface area contributed by atoms with E-state index in [0.29, 0.717) is 13.1 Å². The van der Waals surface area contributed by atoms with Crippen LogP contribution >= 0.6 is 0 Å². The van der Waals surface area contributed by atoms with Gasteiger partial charge in [-0.05, 0) is 31.8 Å². The molecule has 0 saturated carbocycles. The van der Waals surface area contributed by atoms with Gasteiger partial charge in [-0.25, -0.2) is 8.42 Å². The highest BCUT2D eigenvalue weighted by Gasteiger charge is 2.30. The van der Waals surface area contributed by atoms with Gasteiger partial charge in [0.25, 0.3) is 0 Å². The predicted molar refractivity (Wildman–Crippen MR) is 104 cm³/mol. The van der Waals surface area contributed by atoms with Gasteiger partial charge in [0.05, 0.1) is 23.7 Å². The molecule has 0 unspecified atom stereocenters. The normalized spacial score (nSPS) is 14.7. The second kappa shape index (κ2) is 7.45. The van der Waals surface area contributed by atoms with Gasteiger partial charge in [0.1, 0.15) is 0 Å². The van der Waals surface area contributed by atoms with Crippen molar-refractivity contribution in [3.63, 3.8) is 0 Å². The van der Waals surface area contributed by atoms with E-state index >= 15 is 0 Å². The molecule has 0 amide bonds. The minimum Gasteiger partial charge on any atom is -0.367 e. The van der Waals surface area contributed by atoms with Gasteiger partial charge in [0.15, 0.2) is 0 Å². The van der Waals surface area contributed by atoms with Crippen molar-refractivity contribution < 1.29 is 8.42 Å². The summed E-state index contributed by atoms with van der Waals surface area (Å²) in [6.45, 7) is 3.01. The van der Waals surface area contributed by atoms with Gasteiger partial charge in [0, 0.05) is 19.6 Å². The van der Waals surface area contributed by atoms with Crippen molar-refractivity contribution in [1.82, 2.24) is 4.90 Å². The quantitative estimate of drug-likeness (QED) is 0.794. The molecule has 1 heterocycles. The number of anilines is 2. The lowest BCUT2D eigenvalue weighted by atomic mass is 10.2. The molecule has 0 N–H and O–H groups in total. The van der Waals surface area contributed by atoms with E-state index in [4.69, 9.17) is 0 Å². The number of hydrogen-bond acceptors (Lipinski definition) is 4. The fourth-order valence-electron chi connectivity index (χ4n) is 3.10. The molecule has 0 spiro atoms. The van der Waals surface area contributed by atoms with Crippen molar-refractivity contribution in [2.75, 3.05) is 49.5 Å². The van der Waals surface area contributed by atoms with Crippen molar-refractivity contribution >= 4 is 21.4 Å². The van der Waals surface area contributed by atoms with Gasteiger partial charge < -0.3 is 9.80 Å². The molecule has 1 aliphatic rings. The predicted octanol–water partition coefficient (Wildman–Crippen LogP) is 2.40. The number of likely N-dealkylation sites (N-methyl/N-ethyl adjacent to an activating group) is 1. The summed E-state index contributed by atoms with van der Waals surface area (Å²) in [5, 5.41) is 0. The molecule has 0 radical (unpaired) electrons. The highest BCUT2D eigenvalue weighted by Crippen LogP contribution is 2.35. The molecule has 6 heteroatoms. The highest BCUT2D eigenvalue weighted by molar-refractivity contribution is 7.92. The van der Waals surface area contributed by atoms with Crippen LogP contribution in [-0.4, -0.2) is 53.6 Å². The maximum Gasteiger partial charge on any atom is 0.239 e. The van der Waals surface area contributed by atoms with Crippen molar-refractivity contribution in [3.05, 3.63) is 60.2 Å². The van der Waals surface area contributed by atoms with Crippen LogP contribution in [0.15, 0.2) is 54.6 Å². The van der Waals surface area contributed by atoms with E-state index in [2.05, 4.69) is 9.80 Å². The number of rotatable bonds is 6. The molecule has 0 saturated heterocycles. The van der Waals surface area contributed by atoms with E-state index in [1.165, 1.54) is 0 Å². The molecule has 3 rings (SSSR count). The second-order valence-electron chi connectivity index (χ2n) is 6.59. The summed E-state index contributed by atoms with van der Waals surface area (Å²) in [6.07, 6.45) is 0. The third kappa shape index (κ3) is 4.14. The van der Waals surface area contributed by atoms with Crippen LogP contribution in [0, 0.1) is 0 Å². The Kier molecular flexibility index (Phi) is 5.30. The lowest BCUT2D eigenvalue weighted by Gasteiger charge is -2.38. The van der Waals surface area contributed by atoms with E-state index in [-0.39, 0.29) is 5.75 Å². The van der Waals surface area contributed by atoms with Crippen LogP contribution in [0.3, 0.4) is 0 Å². The Morgan fingerprint density at radius 2 is 1.56 bits per heavy atom. The first-order valence-corrected chi connectivity index (χ1v) is 10.1. The number of sulfonamides is 1. The van der Waals surface area contributed by atoms with Crippen LogP contribution in [0.4, 0.5) is 11.4 Å². The molecule has 2 aromatic carbocycles. The smallest absolute Gasteiger partial charge is 0.239 e. The van der Waals surface area contributed by atoms with Crippen molar-refractivity contribution in [3.8, 4) is 0 Å². The van der Waals surface area contributed by atoms with Gasteiger partial charge in [0.2, 0.25) is 10.0 Å². The maximum atomic E-state index is 13.0. The first-order valence-electron chi connectivity index (χ1n) is 8.50. The van der Waals surface area contributed by atoms with Gasteiger partial charge in [-0.1, -0.05) is 42.5 Å². The lowest BCUT2D eigenvalue weighted by molar-refractivity contribution is 0.413. The fraction of sp³-hybridized carbons (Fsp3) is 0.368. The van der Waals surface area contributed by atoms with Gasteiger partial charge in [-0.15, -0.1) is 0 Å². The lowest BCUT2D eigenvalue weighted by Crippen LogP contribution is -2.46. The Hall–Kier alpha value is -2.05. The van der Waals surface area contributed by atoms with E-state index in [9.17, 15) is 8.42 Å². The van der Waals surface area contributed by atoms with E-state index in [1.807, 2.05) is 68.7 Å². The molecule has 0 fully saturated rings. The molecule has 134 valence electrons. The average molecular weight is 359 g/mol. The zero-order chi connectivity index (χ0) is 17.9. The summed E-state index contributed by atoms with van der Waals surface area (Å²) in [7, 11) is 0.688.